The van der Waals surface area contributed by atoms with Crippen LogP contribution in [0.4, 0.5) is 17.1 Å². The summed E-state index contributed by atoms with van der Waals surface area (Å²) in [6.45, 7) is 9.19. The number of furan rings is 2. The van der Waals surface area contributed by atoms with Crippen LogP contribution in [0.2, 0.25) is 0 Å². The molecule has 9 aromatic carbocycles. The van der Waals surface area contributed by atoms with Gasteiger partial charge in [-0.05, 0) is 119 Å². The molecular formula is C59H43NO2. The van der Waals surface area contributed by atoms with Gasteiger partial charge < -0.3 is 13.7 Å². The molecule has 0 aliphatic heterocycles. The number of hydrogen-bond donors (Lipinski definition) is 0. The van der Waals surface area contributed by atoms with Gasteiger partial charge in [-0.15, -0.1) is 0 Å². The molecule has 1 aliphatic carbocycles. The largest absolute Gasteiger partial charge is 0.455 e. The van der Waals surface area contributed by atoms with Crippen molar-refractivity contribution in [2.75, 3.05) is 4.90 Å². The van der Waals surface area contributed by atoms with Crippen LogP contribution in [0.3, 0.4) is 0 Å². The van der Waals surface area contributed by atoms with Crippen LogP contribution < -0.4 is 4.90 Å². The number of para-hydroxylation sites is 4. The lowest BCUT2D eigenvalue weighted by Crippen LogP contribution is -2.15. The van der Waals surface area contributed by atoms with Crippen molar-refractivity contribution in [1.82, 2.24) is 0 Å². The molecule has 296 valence electrons. The first-order chi connectivity index (χ1) is 30.3. The van der Waals surface area contributed by atoms with E-state index in [0.717, 1.165) is 83.2 Å². The minimum Gasteiger partial charge on any atom is -0.455 e. The Balaban J connectivity index is 0.999. The highest BCUT2D eigenvalue weighted by atomic mass is 16.3. The summed E-state index contributed by atoms with van der Waals surface area (Å²) in [6.07, 6.45) is 0. The molecule has 2 aromatic heterocycles. The Kier molecular flexibility index (Phi) is 8.01. The summed E-state index contributed by atoms with van der Waals surface area (Å²) in [5, 5.41) is 4.50. The molecule has 0 fully saturated rings. The molecule has 0 atom stereocenters. The molecule has 3 nitrogen and oxygen atoms in total. The molecule has 0 bridgehead atoms. The van der Waals surface area contributed by atoms with Gasteiger partial charge in [-0.3, -0.25) is 0 Å². The van der Waals surface area contributed by atoms with Crippen LogP contribution in [-0.4, -0.2) is 0 Å². The van der Waals surface area contributed by atoms with E-state index in [2.05, 4.69) is 196 Å². The first-order valence-corrected chi connectivity index (χ1v) is 21.5. The van der Waals surface area contributed by atoms with E-state index in [0.29, 0.717) is 0 Å². The van der Waals surface area contributed by atoms with E-state index >= 15 is 0 Å². The van der Waals surface area contributed by atoms with Crippen molar-refractivity contribution >= 4 is 60.9 Å². The summed E-state index contributed by atoms with van der Waals surface area (Å²) >= 11 is 0. The Morgan fingerprint density at radius 1 is 0.387 bits per heavy atom. The second kappa shape index (κ2) is 13.7. The summed E-state index contributed by atoms with van der Waals surface area (Å²) < 4.78 is 13.0. The number of aryl methyl sites for hydroxylation is 2. The van der Waals surface area contributed by atoms with Gasteiger partial charge in [0.1, 0.15) is 22.3 Å². The van der Waals surface area contributed by atoms with Crippen molar-refractivity contribution in [3.8, 4) is 44.5 Å². The lowest BCUT2D eigenvalue weighted by Gasteiger charge is -2.27. The van der Waals surface area contributed by atoms with Crippen LogP contribution in [0, 0.1) is 13.8 Å². The summed E-state index contributed by atoms with van der Waals surface area (Å²) in [5.41, 5.74) is 21.6. The van der Waals surface area contributed by atoms with Gasteiger partial charge in [0.05, 0.1) is 0 Å². The van der Waals surface area contributed by atoms with Gasteiger partial charge in [-0.25, -0.2) is 0 Å². The third-order valence-corrected chi connectivity index (χ3v) is 13.2. The van der Waals surface area contributed by atoms with Gasteiger partial charge >= 0.3 is 0 Å². The van der Waals surface area contributed by atoms with Crippen LogP contribution in [0.5, 0.6) is 0 Å². The molecule has 0 amide bonds. The minimum absolute atomic E-state index is 0.0571. The summed E-state index contributed by atoms with van der Waals surface area (Å²) in [6, 6.07) is 67.9. The summed E-state index contributed by atoms with van der Waals surface area (Å²) in [4.78, 5) is 2.37. The van der Waals surface area contributed by atoms with E-state index < -0.39 is 0 Å². The first kappa shape index (κ1) is 36.2. The van der Waals surface area contributed by atoms with Crippen LogP contribution in [-0.2, 0) is 5.41 Å². The van der Waals surface area contributed by atoms with Crippen LogP contribution in [0.25, 0.3) is 88.4 Å². The molecule has 2 heterocycles. The van der Waals surface area contributed by atoms with Gasteiger partial charge in [0, 0.05) is 55.1 Å². The third kappa shape index (κ3) is 5.58. The first-order valence-electron chi connectivity index (χ1n) is 21.5. The van der Waals surface area contributed by atoms with E-state index in [1.54, 1.807) is 0 Å². The zero-order valence-electron chi connectivity index (χ0n) is 35.2. The summed E-state index contributed by atoms with van der Waals surface area (Å²) in [7, 11) is 0. The number of rotatable bonds is 6. The maximum Gasteiger partial charge on any atom is 0.143 e. The van der Waals surface area contributed by atoms with Gasteiger partial charge in [0.25, 0.3) is 0 Å². The second-order valence-corrected chi connectivity index (χ2v) is 17.4. The Morgan fingerprint density at radius 3 is 1.58 bits per heavy atom. The zero-order valence-corrected chi connectivity index (χ0v) is 35.2. The molecule has 0 saturated heterocycles. The van der Waals surface area contributed by atoms with Gasteiger partial charge in [-0.2, -0.15) is 0 Å². The molecule has 3 heteroatoms. The molecule has 62 heavy (non-hydrogen) atoms. The zero-order chi connectivity index (χ0) is 41.7. The quantitative estimate of drug-likeness (QED) is 0.168. The third-order valence-electron chi connectivity index (χ3n) is 13.2. The normalized spacial score (nSPS) is 13.0. The van der Waals surface area contributed by atoms with Gasteiger partial charge in [0.2, 0.25) is 0 Å². The molecule has 0 saturated carbocycles. The predicted octanol–water partition coefficient (Wildman–Crippen LogP) is 16.9. The number of fused-ring (bicyclic) bond motifs is 9. The van der Waals surface area contributed by atoms with Crippen molar-refractivity contribution in [1.29, 1.82) is 0 Å². The average molecular weight is 798 g/mol. The summed E-state index contributed by atoms with van der Waals surface area (Å²) in [5.74, 6) is 0. The Hall–Kier alpha value is -7.62. The molecule has 0 N–H and O–H groups in total. The number of hydrogen-bond acceptors (Lipinski definition) is 3. The van der Waals surface area contributed by atoms with Crippen LogP contribution in [0.15, 0.2) is 197 Å². The SMILES string of the molecule is Cc1cc(C)c2c(c1)C(C)(C)c1ccc(-c3cccc(N(c4ccc(-c5cccc6c5oc5ccccc56)cc4)c4cccc(-c5cccc6c5oc5ccccc56)c4)c3)cc1-2. The minimum atomic E-state index is -0.0571. The smallest absolute Gasteiger partial charge is 0.143 e. The highest BCUT2D eigenvalue weighted by molar-refractivity contribution is 6.11. The highest BCUT2D eigenvalue weighted by Gasteiger charge is 2.36. The average Bonchev–Trinajstić information content (AvgIpc) is 3.94. The lowest BCUT2D eigenvalue weighted by atomic mass is 9.81. The second-order valence-electron chi connectivity index (χ2n) is 17.4. The van der Waals surface area contributed by atoms with Gasteiger partial charge in [-0.1, -0.05) is 153 Å². The Bertz CT molecular complexity index is 3580. The monoisotopic (exact) mass is 797 g/mol. The lowest BCUT2D eigenvalue weighted by molar-refractivity contribution is 0.659. The van der Waals surface area contributed by atoms with Crippen molar-refractivity contribution in [2.24, 2.45) is 0 Å². The van der Waals surface area contributed by atoms with Crippen molar-refractivity contribution in [2.45, 2.75) is 33.1 Å². The standard InChI is InChI=1S/C59H43NO2/c1-36-31-37(2)56-51-35-40(27-30-52(51)59(3,4)53(56)32-36)39-13-9-15-43(33-39)60(42-28-25-38(26-29-42)45-19-11-21-49-47-17-5-7-23-54(47)61-57(45)49)44-16-10-14-41(34-44)46-20-12-22-50-48-18-6-8-24-55(48)62-58(46)50/h5-35H,1-4H3. The number of benzene rings is 9. The van der Waals surface area contributed by atoms with Gasteiger partial charge in [0.15, 0.2) is 0 Å². The van der Waals surface area contributed by atoms with Crippen molar-refractivity contribution < 1.29 is 8.83 Å². The topological polar surface area (TPSA) is 29.5 Å². The Labute approximate surface area is 361 Å². The maximum atomic E-state index is 6.54. The molecule has 12 rings (SSSR count). The predicted molar refractivity (Wildman–Crippen MR) is 259 cm³/mol. The molecule has 0 spiro atoms. The van der Waals surface area contributed by atoms with Crippen molar-refractivity contribution in [3.63, 3.8) is 0 Å². The number of nitrogens with zero attached hydrogens (tertiary/aromatic N) is 1. The fourth-order valence-corrected chi connectivity index (χ4v) is 10.3. The molecular weight excluding hydrogens is 755 g/mol. The molecule has 1 aliphatic rings. The van der Waals surface area contributed by atoms with E-state index in [9.17, 15) is 0 Å². The maximum absolute atomic E-state index is 6.54. The molecule has 11 aromatic rings. The molecule has 0 radical (unpaired) electrons. The van der Waals surface area contributed by atoms with Crippen molar-refractivity contribution in [3.05, 3.63) is 210 Å². The van der Waals surface area contributed by atoms with Crippen LogP contribution in [0.1, 0.15) is 36.1 Å². The van der Waals surface area contributed by atoms with E-state index in [-0.39, 0.29) is 5.41 Å². The fraction of sp³-hybridized carbons (Fsp3) is 0.0847. The Morgan fingerprint density at radius 2 is 0.919 bits per heavy atom. The van der Waals surface area contributed by atoms with E-state index in [1.807, 2.05) is 24.3 Å². The fourth-order valence-electron chi connectivity index (χ4n) is 10.3. The van der Waals surface area contributed by atoms with E-state index in [4.69, 9.17) is 8.83 Å². The highest BCUT2D eigenvalue weighted by Crippen LogP contribution is 2.52. The molecule has 0 unspecified atom stereocenters. The van der Waals surface area contributed by atoms with E-state index in [1.165, 1.54) is 44.5 Å². The number of anilines is 3. The van der Waals surface area contributed by atoms with Crippen LogP contribution >= 0.6 is 0 Å².